The van der Waals surface area contributed by atoms with E-state index < -0.39 is 42.0 Å². The molecule has 0 aliphatic heterocycles. The molecule has 0 radical (unpaired) electrons. The number of amides is 4. The van der Waals surface area contributed by atoms with E-state index in [1.54, 1.807) is 20.8 Å². The number of alkyl carbamates (subject to hydrolysis) is 1. The Bertz CT molecular complexity index is 967. The summed E-state index contributed by atoms with van der Waals surface area (Å²) in [5.74, 6) is -1.57. The molecule has 0 saturated heterocycles. The monoisotopic (exact) mass is 502 g/mol. The van der Waals surface area contributed by atoms with E-state index in [0.29, 0.717) is 5.56 Å². The predicted molar refractivity (Wildman–Crippen MR) is 138 cm³/mol. The third kappa shape index (κ3) is 8.24. The normalized spacial score (nSPS) is 15.9. The number of hydrogen-bond donors (Lipinski definition) is 3. The first-order chi connectivity index (χ1) is 16.7. The van der Waals surface area contributed by atoms with Gasteiger partial charge in [0.05, 0.1) is 6.42 Å². The first-order valence-corrected chi connectivity index (χ1v) is 12.7. The average molecular weight is 503 g/mol. The molecule has 0 heterocycles. The zero-order valence-corrected chi connectivity index (χ0v) is 22.6. The van der Waals surface area contributed by atoms with Crippen molar-refractivity contribution in [3.8, 4) is 0 Å². The molecule has 3 unspecified atom stereocenters. The molecule has 1 saturated carbocycles. The molecule has 1 aliphatic rings. The molecule has 1 aromatic rings. The summed E-state index contributed by atoms with van der Waals surface area (Å²) in [6, 6.07) is 3.23. The number of primary amides is 1. The Hall–Kier alpha value is -3.10. The Morgan fingerprint density at radius 3 is 2.31 bits per heavy atom. The summed E-state index contributed by atoms with van der Waals surface area (Å²) in [6.45, 7) is 13.0. The van der Waals surface area contributed by atoms with Gasteiger partial charge in [0.25, 0.3) is 0 Å². The van der Waals surface area contributed by atoms with Crippen LogP contribution in [0.1, 0.15) is 89.5 Å². The van der Waals surface area contributed by atoms with Gasteiger partial charge in [-0.25, -0.2) is 4.79 Å². The molecule has 36 heavy (non-hydrogen) atoms. The average Bonchev–Trinajstić information content (AvgIpc) is 3.56. The molecule has 1 aliphatic carbocycles. The molecular weight excluding hydrogens is 460 g/mol. The van der Waals surface area contributed by atoms with Gasteiger partial charge in [0.1, 0.15) is 17.7 Å². The third-order valence-corrected chi connectivity index (χ3v) is 6.17. The van der Waals surface area contributed by atoms with Crippen molar-refractivity contribution in [2.24, 2.45) is 5.73 Å². The molecule has 9 heteroatoms. The molecule has 2 rings (SSSR count). The number of benzene rings is 1. The number of aryl methyl sites for hydroxylation is 1. The highest BCUT2D eigenvalue weighted by molar-refractivity contribution is 5.95. The summed E-state index contributed by atoms with van der Waals surface area (Å²) < 4.78 is 5.31. The lowest BCUT2D eigenvalue weighted by atomic mass is 9.94. The molecule has 4 amide bonds. The van der Waals surface area contributed by atoms with Crippen LogP contribution in [0.5, 0.6) is 0 Å². The largest absolute Gasteiger partial charge is 0.444 e. The van der Waals surface area contributed by atoms with E-state index in [1.165, 1.54) is 4.90 Å². The second-order valence-electron chi connectivity index (χ2n) is 10.7. The second-order valence-corrected chi connectivity index (χ2v) is 10.7. The number of ether oxygens (including phenoxy) is 1. The zero-order valence-electron chi connectivity index (χ0n) is 22.6. The van der Waals surface area contributed by atoms with Gasteiger partial charge in [-0.1, -0.05) is 31.5 Å². The van der Waals surface area contributed by atoms with Gasteiger partial charge >= 0.3 is 6.09 Å². The number of hydrogen-bond acceptors (Lipinski definition) is 5. The maximum absolute atomic E-state index is 14.0. The Morgan fingerprint density at radius 2 is 1.78 bits per heavy atom. The summed E-state index contributed by atoms with van der Waals surface area (Å²) >= 11 is 0. The van der Waals surface area contributed by atoms with Crippen LogP contribution in [0, 0.1) is 13.8 Å². The van der Waals surface area contributed by atoms with Gasteiger partial charge < -0.3 is 26.0 Å². The van der Waals surface area contributed by atoms with Gasteiger partial charge in [0, 0.05) is 12.1 Å². The van der Waals surface area contributed by atoms with Gasteiger partial charge in [0.15, 0.2) is 0 Å². The summed E-state index contributed by atoms with van der Waals surface area (Å²) in [4.78, 5) is 53.6. The molecule has 200 valence electrons. The smallest absolute Gasteiger partial charge is 0.408 e. The van der Waals surface area contributed by atoms with Gasteiger partial charge in [-0.15, -0.1) is 0 Å². The van der Waals surface area contributed by atoms with Gasteiger partial charge in [0.2, 0.25) is 17.7 Å². The van der Waals surface area contributed by atoms with Crippen LogP contribution in [0.4, 0.5) is 4.79 Å². The Morgan fingerprint density at radius 1 is 1.14 bits per heavy atom. The molecular formula is C27H42N4O5. The number of nitrogens with two attached hydrogens (primary N) is 1. The zero-order chi connectivity index (χ0) is 27.2. The molecule has 1 fully saturated rings. The Balaban J connectivity index is 2.50. The minimum Gasteiger partial charge on any atom is -0.444 e. The van der Waals surface area contributed by atoms with Crippen molar-refractivity contribution in [2.75, 3.05) is 0 Å². The second kappa shape index (κ2) is 12.2. The van der Waals surface area contributed by atoms with Crippen LogP contribution in [-0.2, 0) is 19.1 Å². The van der Waals surface area contributed by atoms with E-state index in [0.717, 1.165) is 36.8 Å². The van der Waals surface area contributed by atoms with Crippen LogP contribution in [0.15, 0.2) is 18.2 Å². The number of carbonyl (C=O) groups is 4. The van der Waals surface area contributed by atoms with Crippen LogP contribution >= 0.6 is 0 Å². The van der Waals surface area contributed by atoms with Crippen LogP contribution in [-0.4, -0.2) is 52.4 Å². The lowest BCUT2D eigenvalue weighted by molar-refractivity contribution is -0.144. The van der Waals surface area contributed by atoms with Crippen LogP contribution < -0.4 is 16.4 Å². The fraction of sp³-hybridized carbons (Fsp3) is 0.630. The number of carbonyl (C=O) groups excluding carboxylic acids is 4. The topological polar surface area (TPSA) is 131 Å². The molecule has 0 aromatic heterocycles. The first-order valence-electron chi connectivity index (χ1n) is 12.7. The van der Waals surface area contributed by atoms with Crippen molar-refractivity contribution >= 4 is 23.8 Å². The number of nitrogens with one attached hydrogen (secondary N) is 2. The molecule has 4 N–H and O–H groups in total. The van der Waals surface area contributed by atoms with E-state index in [9.17, 15) is 19.2 Å². The molecule has 0 spiro atoms. The Kier molecular flexibility index (Phi) is 9.90. The molecule has 9 nitrogen and oxygen atoms in total. The van der Waals surface area contributed by atoms with Gasteiger partial charge in [-0.05, 0) is 77.5 Å². The maximum Gasteiger partial charge on any atom is 0.408 e. The van der Waals surface area contributed by atoms with Crippen molar-refractivity contribution in [2.45, 2.75) is 110 Å². The third-order valence-electron chi connectivity index (χ3n) is 6.17. The molecule has 0 bridgehead atoms. The van der Waals surface area contributed by atoms with Gasteiger partial charge in [-0.3, -0.25) is 14.4 Å². The van der Waals surface area contributed by atoms with Crippen molar-refractivity contribution in [1.82, 2.24) is 15.5 Å². The van der Waals surface area contributed by atoms with E-state index in [1.807, 2.05) is 45.9 Å². The van der Waals surface area contributed by atoms with E-state index >= 15 is 0 Å². The standard InChI is InChI=1S/C27H42N4O5/c1-8-10-17(3)29-24(33)23(20-12-9-11-16(2)18(20)4)31(19-13-14-19)25(34)21(15-22(28)32)30-26(35)36-27(5,6)7/h9,11-12,17,19,21,23H,8,10,13-15H2,1-7H3,(H2,28,32)(H,29,33)(H,30,35). The van der Waals surface area contributed by atoms with E-state index in [4.69, 9.17) is 10.5 Å². The summed E-state index contributed by atoms with van der Waals surface area (Å²) in [6.07, 6.45) is 1.91. The van der Waals surface area contributed by atoms with Crippen LogP contribution in [0.3, 0.4) is 0 Å². The highest BCUT2D eigenvalue weighted by Gasteiger charge is 2.45. The van der Waals surface area contributed by atoms with E-state index in [-0.39, 0.29) is 18.0 Å². The summed E-state index contributed by atoms with van der Waals surface area (Å²) in [5, 5.41) is 5.57. The lowest BCUT2D eigenvalue weighted by Gasteiger charge is -2.36. The molecule has 3 atom stereocenters. The van der Waals surface area contributed by atoms with Crippen LogP contribution in [0.25, 0.3) is 0 Å². The van der Waals surface area contributed by atoms with Crippen molar-refractivity contribution in [1.29, 1.82) is 0 Å². The summed E-state index contributed by atoms with van der Waals surface area (Å²) in [7, 11) is 0. The van der Waals surface area contributed by atoms with Crippen molar-refractivity contribution in [3.05, 3.63) is 34.9 Å². The van der Waals surface area contributed by atoms with E-state index in [2.05, 4.69) is 10.6 Å². The Labute approximate surface area is 214 Å². The van der Waals surface area contributed by atoms with Crippen LogP contribution in [0.2, 0.25) is 0 Å². The number of nitrogens with zero attached hydrogens (tertiary/aromatic N) is 1. The fourth-order valence-corrected chi connectivity index (χ4v) is 4.22. The quantitative estimate of drug-likeness (QED) is 0.427. The van der Waals surface area contributed by atoms with Crippen molar-refractivity contribution < 1.29 is 23.9 Å². The predicted octanol–water partition coefficient (Wildman–Crippen LogP) is 3.41. The lowest BCUT2D eigenvalue weighted by Crippen LogP contribution is -2.55. The van der Waals surface area contributed by atoms with Gasteiger partial charge in [-0.2, -0.15) is 0 Å². The first kappa shape index (κ1) is 29.1. The highest BCUT2D eigenvalue weighted by Crippen LogP contribution is 2.37. The van der Waals surface area contributed by atoms with Crippen molar-refractivity contribution in [3.63, 3.8) is 0 Å². The molecule has 1 aromatic carbocycles. The number of rotatable bonds is 11. The maximum atomic E-state index is 14.0. The fourth-order valence-electron chi connectivity index (χ4n) is 4.22. The minimum absolute atomic E-state index is 0.0763. The minimum atomic E-state index is -1.26. The summed E-state index contributed by atoms with van der Waals surface area (Å²) in [5.41, 5.74) is 7.26. The SMILES string of the molecule is CCCC(C)NC(=O)C(c1cccc(C)c1C)N(C(=O)C(CC(N)=O)NC(=O)OC(C)(C)C)C1CC1. The highest BCUT2D eigenvalue weighted by atomic mass is 16.6.